The number of nitro groups is 1. The maximum absolute atomic E-state index is 12.8. The Morgan fingerprint density at radius 1 is 1.19 bits per heavy atom. The first-order chi connectivity index (χ1) is 12.8. The van der Waals surface area contributed by atoms with Crippen LogP contribution in [0, 0.1) is 16.0 Å². The summed E-state index contributed by atoms with van der Waals surface area (Å²) >= 11 is 0. The monoisotopic (exact) mass is 380 g/mol. The van der Waals surface area contributed by atoms with Gasteiger partial charge >= 0.3 is 6.18 Å². The molecule has 0 saturated carbocycles. The Morgan fingerprint density at radius 2 is 1.93 bits per heavy atom. The van der Waals surface area contributed by atoms with Crippen LogP contribution < -0.4 is 10.1 Å². The number of nitrogens with one attached hydrogen (secondary N) is 1. The molecule has 1 heterocycles. The van der Waals surface area contributed by atoms with Crippen molar-refractivity contribution in [1.82, 2.24) is 5.32 Å². The van der Waals surface area contributed by atoms with Gasteiger partial charge in [-0.15, -0.1) is 0 Å². The molecule has 1 N–H and O–H groups in total. The molecule has 2 aromatic rings. The average Bonchev–Trinajstić information content (AvgIpc) is 2.66. The van der Waals surface area contributed by atoms with Crippen molar-refractivity contribution in [2.75, 3.05) is 19.7 Å². The van der Waals surface area contributed by atoms with Crippen LogP contribution >= 0.6 is 0 Å². The minimum absolute atomic E-state index is 0.0319. The van der Waals surface area contributed by atoms with Crippen LogP contribution in [0.5, 0.6) is 5.75 Å². The molecule has 0 aliphatic carbocycles. The summed E-state index contributed by atoms with van der Waals surface area (Å²) in [6, 6.07) is 11.3. The number of benzene rings is 2. The van der Waals surface area contributed by atoms with Gasteiger partial charge in [0.15, 0.2) is 0 Å². The Balaban J connectivity index is 1.70. The lowest BCUT2D eigenvalue weighted by Gasteiger charge is -2.32. The van der Waals surface area contributed by atoms with E-state index >= 15 is 0 Å². The summed E-state index contributed by atoms with van der Waals surface area (Å²) in [6.07, 6.45) is -3.58. The normalized spacial score (nSPS) is 20.3. The number of rotatable bonds is 5. The largest absolute Gasteiger partial charge is 0.493 e. The van der Waals surface area contributed by atoms with E-state index in [-0.39, 0.29) is 29.9 Å². The second-order valence-electron chi connectivity index (χ2n) is 6.54. The summed E-state index contributed by atoms with van der Waals surface area (Å²) in [6.45, 7) is 1.73. The van der Waals surface area contributed by atoms with Crippen LogP contribution in [0.15, 0.2) is 48.5 Å². The molecule has 27 heavy (non-hydrogen) atoms. The van der Waals surface area contributed by atoms with Crippen LogP contribution in [-0.2, 0) is 6.18 Å². The zero-order valence-electron chi connectivity index (χ0n) is 14.4. The third-order valence-electron chi connectivity index (χ3n) is 4.77. The molecule has 3 rings (SSSR count). The van der Waals surface area contributed by atoms with E-state index in [1.165, 1.54) is 24.3 Å². The van der Waals surface area contributed by atoms with Crippen LogP contribution in [0.25, 0.3) is 0 Å². The molecule has 0 bridgehead atoms. The molecule has 0 aromatic heterocycles. The Bertz CT molecular complexity index is 794. The number of nitrogens with zero attached hydrogens (tertiary/aromatic N) is 1. The third kappa shape index (κ3) is 4.77. The van der Waals surface area contributed by atoms with E-state index in [9.17, 15) is 23.3 Å². The zero-order chi connectivity index (χ0) is 19.4. The number of hydrogen-bond donors (Lipinski definition) is 1. The van der Waals surface area contributed by atoms with Crippen molar-refractivity contribution >= 4 is 5.69 Å². The molecule has 144 valence electrons. The van der Waals surface area contributed by atoms with Crippen molar-refractivity contribution in [2.24, 2.45) is 5.92 Å². The molecule has 2 aromatic carbocycles. The van der Waals surface area contributed by atoms with Crippen molar-refractivity contribution in [3.63, 3.8) is 0 Å². The van der Waals surface area contributed by atoms with Crippen LogP contribution in [-0.4, -0.2) is 24.6 Å². The standard InChI is InChI=1S/C19H19F3N2O3/c20-19(21,22)15-2-1-3-17(10-15)27-12-14-11-23-9-8-18(14)13-4-6-16(7-5-13)24(25)26/h1-7,10,14,18,23H,8-9,11-12H2. The second-order valence-corrected chi connectivity index (χ2v) is 6.54. The summed E-state index contributed by atoms with van der Waals surface area (Å²) in [5.74, 6) is 0.352. The van der Waals surface area contributed by atoms with Crippen molar-refractivity contribution < 1.29 is 22.8 Å². The first kappa shape index (κ1) is 19.2. The highest BCUT2D eigenvalue weighted by Crippen LogP contribution is 2.34. The first-order valence-electron chi connectivity index (χ1n) is 8.60. The molecule has 1 fully saturated rings. The van der Waals surface area contributed by atoms with Crippen LogP contribution in [0.3, 0.4) is 0 Å². The predicted molar refractivity (Wildman–Crippen MR) is 93.8 cm³/mol. The van der Waals surface area contributed by atoms with Crippen molar-refractivity contribution in [1.29, 1.82) is 0 Å². The quantitative estimate of drug-likeness (QED) is 0.617. The van der Waals surface area contributed by atoms with E-state index in [4.69, 9.17) is 4.74 Å². The molecule has 0 amide bonds. The second kappa shape index (κ2) is 7.96. The highest BCUT2D eigenvalue weighted by atomic mass is 19.4. The van der Waals surface area contributed by atoms with E-state index in [1.54, 1.807) is 12.1 Å². The van der Waals surface area contributed by atoms with Crippen molar-refractivity contribution in [3.8, 4) is 5.75 Å². The van der Waals surface area contributed by atoms with Gasteiger partial charge in [0.1, 0.15) is 5.75 Å². The Kier molecular flexibility index (Phi) is 5.65. The minimum atomic E-state index is -4.41. The van der Waals surface area contributed by atoms with Gasteiger partial charge in [0.25, 0.3) is 5.69 Å². The Hall–Kier alpha value is -2.61. The van der Waals surface area contributed by atoms with E-state index in [0.29, 0.717) is 6.54 Å². The molecular formula is C19H19F3N2O3. The number of ether oxygens (including phenoxy) is 1. The van der Waals surface area contributed by atoms with E-state index in [1.807, 2.05) is 0 Å². The van der Waals surface area contributed by atoms with E-state index in [2.05, 4.69) is 5.32 Å². The number of non-ortho nitro benzene ring substituents is 1. The molecular weight excluding hydrogens is 361 g/mol. The molecule has 1 aliphatic rings. The van der Waals surface area contributed by atoms with Crippen molar-refractivity contribution in [2.45, 2.75) is 18.5 Å². The number of alkyl halides is 3. The molecule has 2 atom stereocenters. The lowest BCUT2D eigenvalue weighted by molar-refractivity contribution is -0.384. The lowest BCUT2D eigenvalue weighted by atomic mass is 9.81. The Morgan fingerprint density at radius 3 is 2.59 bits per heavy atom. The first-order valence-corrected chi connectivity index (χ1v) is 8.60. The maximum atomic E-state index is 12.8. The third-order valence-corrected chi connectivity index (χ3v) is 4.77. The molecule has 2 unspecified atom stereocenters. The van der Waals surface area contributed by atoms with Gasteiger partial charge in [-0.2, -0.15) is 13.2 Å². The van der Waals surface area contributed by atoms with Gasteiger partial charge in [0.2, 0.25) is 0 Å². The molecule has 5 nitrogen and oxygen atoms in total. The van der Waals surface area contributed by atoms with Gasteiger partial charge < -0.3 is 10.1 Å². The molecule has 1 saturated heterocycles. The minimum Gasteiger partial charge on any atom is -0.493 e. The summed E-state index contributed by atoms with van der Waals surface area (Å²) < 4.78 is 44.1. The maximum Gasteiger partial charge on any atom is 0.416 e. The summed E-state index contributed by atoms with van der Waals surface area (Å²) in [7, 11) is 0. The van der Waals surface area contributed by atoms with Gasteiger partial charge in [-0.3, -0.25) is 10.1 Å². The van der Waals surface area contributed by atoms with E-state index in [0.717, 1.165) is 30.7 Å². The van der Waals surface area contributed by atoms with Crippen LogP contribution in [0.4, 0.5) is 18.9 Å². The average molecular weight is 380 g/mol. The number of piperidine rings is 1. The van der Waals surface area contributed by atoms with Gasteiger partial charge in [-0.25, -0.2) is 0 Å². The van der Waals surface area contributed by atoms with Gasteiger partial charge in [0.05, 0.1) is 17.1 Å². The number of halogens is 3. The van der Waals surface area contributed by atoms with Gasteiger partial charge in [-0.05, 0) is 42.6 Å². The van der Waals surface area contributed by atoms with Crippen LogP contribution in [0.2, 0.25) is 0 Å². The van der Waals surface area contributed by atoms with Crippen LogP contribution in [0.1, 0.15) is 23.5 Å². The predicted octanol–water partition coefficient (Wildman–Crippen LogP) is 4.39. The SMILES string of the molecule is O=[N+]([O-])c1ccc(C2CCNCC2COc2cccc(C(F)(F)F)c2)cc1. The zero-order valence-corrected chi connectivity index (χ0v) is 14.4. The fourth-order valence-corrected chi connectivity index (χ4v) is 3.35. The smallest absolute Gasteiger partial charge is 0.416 e. The summed E-state index contributed by atoms with van der Waals surface area (Å²) in [5.41, 5.74) is 0.262. The van der Waals surface area contributed by atoms with Gasteiger partial charge in [-0.1, -0.05) is 18.2 Å². The van der Waals surface area contributed by atoms with Crippen molar-refractivity contribution in [3.05, 3.63) is 69.8 Å². The fourth-order valence-electron chi connectivity index (χ4n) is 3.35. The number of nitro benzene ring substituents is 1. The Labute approximate surface area is 154 Å². The molecule has 1 aliphatic heterocycles. The topological polar surface area (TPSA) is 64.4 Å². The molecule has 0 radical (unpaired) electrons. The summed E-state index contributed by atoms with van der Waals surface area (Å²) in [5, 5.41) is 14.1. The van der Waals surface area contributed by atoms with Gasteiger partial charge in [0, 0.05) is 24.6 Å². The molecule has 0 spiro atoms. The highest BCUT2D eigenvalue weighted by Gasteiger charge is 2.31. The summed E-state index contributed by atoms with van der Waals surface area (Å²) in [4.78, 5) is 10.4. The number of hydrogen-bond acceptors (Lipinski definition) is 4. The lowest BCUT2D eigenvalue weighted by Crippen LogP contribution is -2.38. The van der Waals surface area contributed by atoms with E-state index < -0.39 is 16.7 Å². The highest BCUT2D eigenvalue weighted by molar-refractivity contribution is 5.35. The molecule has 8 heteroatoms. The fraction of sp³-hybridized carbons (Fsp3) is 0.368.